The van der Waals surface area contributed by atoms with Crippen LogP contribution in [0.15, 0.2) is 24.3 Å². The molecule has 1 aromatic carbocycles. The fourth-order valence-electron chi connectivity index (χ4n) is 1.46. The highest BCUT2D eigenvalue weighted by atomic mass is 16.5. The first kappa shape index (κ1) is 15.5. The number of nitrogens with one attached hydrogen (secondary N) is 1. The van der Waals surface area contributed by atoms with Gasteiger partial charge < -0.3 is 15.8 Å². The molecule has 3 N–H and O–H groups in total. The largest absolute Gasteiger partial charge is 0.497 e. The number of amides is 1. The fourth-order valence-corrected chi connectivity index (χ4v) is 1.46. The molecule has 1 amide bonds. The first-order valence-corrected chi connectivity index (χ1v) is 6.24. The third-order valence-corrected chi connectivity index (χ3v) is 3.29. The SMILES string of the molecule is COc1ccc(NC(=O)CN(C)C(C)(C)CN)cc1. The summed E-state index contributed by atoms with van der Waals surface area (Å²) in [7, 11) is 3.50. The standard InChI is InChI=1S/C14H23N3O2/c1-14(2,10-15)17(3)9-13(18)16-11-5-7-12(19-4)8-6-11/h5-8H,9-10,15H2,1-4H3,(H,16,18). The van der Waals surface area contributed by atoms with Gasteiger partial charge in [0, 0.05) is 17.8 Å². The molecule has 1 aromatic rings. The van der Waals surface area contributed by atoms with E-state index >= 15 is 0 Å². The van der Waals surface area contributed by atoms with Crippen LogP contribution < -0.4 is 15.8 Å². The van der Waals surface area contributed by atoms with Gasteiger partial charge in [-0.15, -0.1) is 0 Å². The molecule has 0 aliphatic carbocycles. The number of rotatable bonds is 6. The number of hydrogen-bond donors (Lipinski definition) is 2. The molecule has 19 heavy (non-hydrogen) atoms. The lowest BCUT2D eigenvalue weighted by Crippen LogP contribution is -2.49. The first-order chi connectivity index (χ1) is 8.89. The zero-order valence-corrected chi connectivity index (χ0v) is 12.1. The van der Waals surface area contributed by atoms with E-state index in [0.29, 0.717) is 13.1 Å². The van der Waals surface area contributed by atoms with Gasteiger partial charge in [-0.2, -0.15) is 0 Å². The summed E-state index contributed by atoms with van der Waals surface area (Å²) in [6.07, 6.45) is 0. The maximum absolute atomic E-state index is 11.9. The van der Waals surface area contributed by atoms with Crippen molar-refractivity contribution in [1.82, 2.24) is 4.90 Å². The van der Waals surface area contributed by atoms with Gasteiger partial charge in [-0.05, 0) is 45.2 Å². The van der Waals surface area contributed by atoms with Crippen LogP contribution >= 0.6 is 0 Å². The van der Waals surface area contributed by atoms with E-state index in [1.54, 1.807) is 7.11 Å². The minimum absolute atomic E-state index is 0.0609. The molecule has 0 aromatic heterocycles. The van der Waals surface area contributed by atoms with E-state index in [-0.39, 0.29) is 11.4 Å². The highest BCUT2D eigenvalue weighted by Crippen LogP contribution is 2.15. The summed E-state index contributed by atoms with van der Waals surface area (Å²) in [6, 6.07) is 7.24. The van der Waals surface area contributed by atoms with E-state index in [4.69, 9.17) is 10.5 Å². The van der Waals surface area contributed by atoms with Crippen molar-refractivity contribution in [3.63, 3.8) is 0 Å². The molecular formula is C14H23N3O2. The average Bonchev–Trinajstić information content (AvgIpc) is 2.39. The molecule has 5 heteroatoms. The van der Waals surface area contributed by atoms with Crippen LogP contribution in [0.3, 0.4) is 0 Å². The molecular weight excluding hydrogens is 242 g/mol. The monoisotopic (exact) mass is 265 g/mol. The number of carbonyl (C=O) groups is 1. The van der Waals surface area contributed by atoms with Crippen molar-refractivity contribution in [3.8, 4) is 5.75 Å². The Labute approximate surface area is 114 Å². The second-order valence-electron chi connectivity index (χ2n) is 5.15. The van der Waals surface area contributed by atoms with Crippen molar-refractivity contribution in [2.45, 2.75) is 19.4 Å². The predicted molar refractivity (Wildman–Crippen MR) is 77.4 cm³/mol. The Hall–Kier alpha value is -1.59. The summed E-state index contributed by atoms with van der Waals surface area (Å²) < 4.78 is 5.06. The summed E-state index contributed by atoms with van der Waals surface area (Å²) in [5.74, 6) is 0.702. The Morgan fingerprint density at radius 3 is 2.42 bits per heavy atom. The Bertz CT molecular complexity index is 415. The minimum Gasteiger partial charge on any atom is -0.497 e. The van der Waals surface area contributed by atoms with Crippen LogP contribution in [0.5, 0.6) is 5.75 Å². The van der Waals surface area contributed by atoms with E-state index in [9.17, 15) is 4.79 Å². The van der Waals surface area contributed by atoms with E-state index in [0.717, 1.165) is 11.4 Å². The fraction of sp³-hybridized carbons (Fsp3) is 0.500. The number of nitrogens with zero attached hydrogens (tertiary/aromatic N) is 1. The second-order valence-corrected chi connectivity index (χ2v) is 5.15. The van der Waals surface area contributed by atoms with Crippen LogP contribution in [0.1, 0.15) is 13.8 Å². The van der Waals surface area contributed by atoms with Gasteiger partial charge in [-0.25, -0.2) is 0 Å². The summed E-state index contributed by atoms with van der Waals surface area (Å²) in [5.41, 5.74) is 6.24. The van der Waals surface area contributed by atoms with Crippen molar-refractivity contribution in [1.29, 1.82) is 0 Å². The van der Waals surface area contributed by atoms with Gasteiger partial charge in [0.25, 0.3) is 0 Å². The molecule has 106 valence electrons. The molecule has 0 heterocycles. The molecule has 0 aliphatic rings. The van der Waals surface area contributed by atoms with Gasteiger partial charge in [0.2, 0.25) is 5.91 Å². The highest BCUT2D eigenvalue weighted by Gasteiger charge is 2.23. The lowest BCUT2D eigenvalue weighted by Gasteiger charge is -2.33. The molecule has 0 saturated carbocycles. The number of likely N-dealkylation sites (N-methyl/N-ethyl adjacent to an activating group) is 1. The lowest BCUT2D eigenvalue weighted by molar-refractivity contribution is -0.118. The molecule has 0 bridgehead atoms. The van der Waals surface area contributed by atoms with Crippen LogP contribution in [-0.2, 0) is 4.79 Å². The van der Waals surface area contributed by atoms with Crippen LogP contribution in [0, 0.1) is 0 Å². The smallest absolute Gasteiger partial charge is 0.238 e. The Morgan fingerprint density at radius 1 is 1.37 bits per heavy atom. The molecule has 0 spiro atoms. The maximum Gasteiger partial charge on any atom is 0.238 e. The van der Waals surface area contributed by atoms with Crippen molar-refractivity contribution in [2.75, 3.05) is 32.6 Å². The van der Waals surface area contributed by atoms with Gasteiger partial charge >= 0.3 is 0 Å². The number of ether oxygens (including phenoxy) is 1. The van der Waals surface area contributed by atoms with Gasteiger partial charge in [0.05, 0.1) is 13.7 Å². The third-order valence-electron chi connectivity index (χ3n) is 3.29. The first-order valence-electron chi connectivity index (χ1n) is 6.24. The summed E-state index contributed by atoms with van der Waals surface area (Å²) in [4.78, 5) is 13.9. The van der Waals surface area contributed by atoms with Crippen molar-refractivity contribution in [3.05, 3.63) is 24.3 Å². The van der Waals surface area contributed by atoms with Crippen molar-refractivity contribution >= 4 is 11.6 Å². The van der Waals surface area contributed by atoms with E-state index in [1.807, 2.05) is 50.1 Å². The molecule has 0 saturated heterocycles. The Balaban J connectivity index is 2.55. The van der Waals surface area contributed by atoms with Crippen LogP contribution in [-0.4, -0.2) is 43.6 Å². The topological polar surface area (TPSA) is 67.6 Å². The number of carbonyl (C=O) groups excluding carboxylic acids is 1. The molecule has 0 fully saturated rings. The maximum atomic E-state index is 11.9. The van der Waals surface area contributed by atoms with Crippen LogP contribution in [0.25, 0.3) is 0 Å². The number of benzene rings is 1. The third kappa shape index (κ3) is 4.54. The highest BCUT2D eigenvalue weighted by molar-refractivity contribution is 5.92. The number of hydrogen-bond acceptors (Lipinski definition) is 4. The molecule has 0 unspecified atom stereocenters. The molecule has 0 radical (unpaired) electrons. The van der Waals surface area contributed by atoms with Crippen molar-refractivity contribution < 1.29 is 9.53 Å². The molecule has 1 rings (SSSR count). The van der Waals surface area contributed by atoms with Gasteiger partial charge in [-0.1, -0.05) is 0 Å². The number of anilines is 1. The minimum atomic E-state index is -0.197. The number of nitrogens with two attached hydrogens (primary N) is 1. The summed E-state index contributed by atoms with van der Waals surface area (Å²) in [5, 5.41) is 2.84. The van der Waals surface area contributed by atoms with Gasteiger partial charge in [0.15, 0.2) is 0 Å². The van der Waals surface area contributed by atoms with E-state index in [2.05, 4.69) is 5.32 Å². The summed E-state index contributed by atoms with van der Waals surface area (Å²) in [6.45, 7) is 4.82. The quantitative estimate of drug-likeness (QED) is 0.813. The normalized spacial score (nSPS) is 11.5. The van der Waals surface area contributed by atoms with Crippen LogP contribution in [0.4, 0.5) is 5.69 Å². The molecule has 5 nitrogen and oxygen atoms in total. The molecule has 0 atom stereocenters. The Morgan fingerprint density at radius 2 is 1.95 bits per heavy atom. The predicted octanol–water partition coefficient (Wildman–Crippen LogP) is 1.30. The van der Waals surface area contributed by atoms with Gasteiger partial charge in [-0.3, -0.25) is 9.69 Å². The van der Waals surface area contributed by atoms with Crippen molar-refractivity contribution in [2.24, 2.45) is 5.73 Å². The van der Waals surface area contributed by atoms with Crippen LogP contribution in [0.2, 0.25) is 0 Å². The number of methoxy groups -OCH3 is 1. The Kier molecular flexibility index (Phi) is 5.32. The summed E-state index contributed by atoms with van der Waals surface area (Å²) >= 11 is 0. The average molecular weight is 265 g/mol. The van der Waals surface area contributed by atoms with E-state index in [1.165, 1.54) is 0 Å². The zero-order chi connectivity index (χ0) is 14.5. The molecule has 0 aliphatic heterocycles. The lowest BCUT2D eigenvalue weighted by atomic mass is 10.0. The zero-order valence-electron chi connectivity index (χ0n) is 12.1. The van der Waals surface area contributed by atoms with Gasteiger partial charge in [0.1, 0.15) is 5.75 Å². The second kappa shape index (κ2) is 6.54. The van der Waals surface area contributed by atoms with E-state index < -0.39 is 0 Å².